The number of hydrogen-bond donors (Lipinski definition) is 2. The molecule has 0 saturated heterocycles. The molecule has 3 N–H and O–H groups in total. The molecule has 0 aliphatic heterocycles. The Morgan fingerprint density at radius 1 is 1.44 bits per heavy atom. The summed E-state index contributed by atoms with van der Waals surface area (Å²) in [6.45, 7) is 2.11. The summed E-state index contributed by atoms with van der Waals surface area (Å²) in [4.78, 5) is 0.210. The minimum absolute atomic E-state index is 0.103. The second kappa shape index (κ2) is 5.38. The van der Waals surface area contributed by atoms with E-state index in [1.165, 1.54) is 0 Å². The maximum absolute atomic E-state index is 11.6. The summed E-state index contributed by atoms with van der Waals surface area (Å²) in [7, 11) is -3.31. The Kier molecular flexibility index (Phi) is 4.40. The van der Waals surface area contributed by atoms with Gasteiger partial charge in [-0.05, 0) is 5.56 Å². The molecular weight excluding hydrogens is 244 g/mol. The average molecular weight is 258 g/mol. The number of hydrogen-bond acceptors (Lipinski definition) is 3. The lowest BCUT2D eigenvalue weighted by Gasteiger charge is -2.08. The lowest BCUT2D eigenvalue weighted by atomic mass is 10.1. The SMILES string of the molecule is CCNS(=O)(=O)Cc1ccccc1C(N)=S. The summed E-state index contributed by atoms with van der Waals surface area (Å²) >= 11 is 4.87. The zero-order valence-electron chi connectivity index (χ0n) is 8.93. The van der Waals surface area contributed by atoms with Crippen molar-refractivity contribution in [1.29, 1.82) is 0 Å². The first-order chi connectivity index (χ1) is 7.46. The summed E-state index contributed by atoms with van der Waals surface area (Å²) in [5.74, 6) is -0.103. The highest BCUT2D eigenvalue weighted by molar-refractivity contribution is 7.88. The molecule has 0 aliphatic carbocycles. The van der Waals surface area contributed by atoms with E-state index in [0.717, 1.165) is 0 Å². The smallest absolute Gasteiger partial charge is 0.215 e. The zero-order chi connectivity index (χ0) is 12.2. The van der Waals surface area contributed by atoms with Gasteiger partial charge in [0, 0.05) is 12.1 Å². The summed E-state index contributed by atoms with van der Waals surface area (Å²) in [5, 5.41) is 0. The van der Waals surface area contributed by atoms with Gasteiger partial charge in [-0.2, -0.15) is 0 Å². The van der Waals surface area contributed by atoms with Gasteiger partial charge in [-0.15, -0.1) is 0 Å². The van der Waals surface area contributed by atoms with E-state index in [0.29, 0.717) is 17.7 Å². The highest BCUT2D eigenvalue weighted by Gasteiger charge is 2.13. The molecule has 1 rings (SSSR count). The van der Waals surface area contributed by atoms with E-state index < -0.39 is 10.0 Å². The third-order valence-electron chi connectivity index (χ3n) is 1.99. The molecule has 6 heteroatoms. The number of nitrogens with two attached hydrogens (primary N) is 1. The van der Waals surface area contributed by atoms with E-state index in [1.54, 1.807) is 31.2 Å². The fraction of sp³-hybridized carbons (Fsp3) is 0.300. The van der Waals surface area contributed by atoms with E-state index in [-0.39, 0.29) is 10.7 Å². The van der Waals surface area contributed by atoms with Crippen molar-refractivity contribution in [3.8, 4) is 0 Å². The van der Waals surface area contributed by atoms with Crippen LogP contribution in [0.2, 0.25) is 0 Å². The Morgan fingerprint density at radius 3 is 2.62 bits per heavy atom. The minimum Gasteiger partial charge on any atom is -0.389 e. The molecule has 1 aromatic carbocycles. The van der Waals surface area contributed by atoms with Crippen molar-refractivity contribution in [3.05, 3.63) is 35.4 Å². The molecule has 0 amide bonds. The number of thiocarbonyl (C=S) groups is 1. The van der Waals surface area contributed by atoms with Gasteiger partial charge in [0.05, 0.1) is 5.75 Å². The standard InChI is InChI=1S/C10H14N2O2S2/c1-2-12-16(13,14)7-8-5-3-4-6-9(8)10(11)15/h3-6,12H,2,7H2,1H3,(H2,11,15). The van der Waals surface area contributed by atoms with Crippen molar-refractivity contribution in [2.75, 3.05) is 6.54 Å². The molecule has 0 bridgehead atoms. The van der Waals surface area contributed by atoms with Crippen LogP contribution in [0.1, 0.15) is 18.1 Å². The zero-order valence-corrected chi connectivity index (χ0v) is 10.6. The highest BCUT2D eigenvalue weighted by atomic mass is 32.2. The summed E-state index contributed by atoms with van der Waals surface area (Å²) in [5.41, 5.74) is 6.75. The van der Waals surface area contributed by atoms with Gasteiger partial charge < -0.3 is 5.73 Å². The van der Waals surface area contributed by atoms with Crippen LogP contribution in [0.15, 0.2) is 24.3 Å². The van der Waals surface area contributed by atoms with E-state index in [4.69, 9.17) is 18.0 Å². The lowest BCUT2D eigenvalue weighted by Crippen LogP contribution is -2.25. The molecule has 4 nitrogen and oxygen atoms in total. The number of nitrogens with one attached hydrogen (secondary N) is 1. The Morgan fingerprint density at radius 2 is 2.06 bits per heavy atom. The van der Waals surface area contributed by atoms with Gasteiger partial charge in [0.2, 0.25) is 10.0 Å². The van der Waals surface area contributed by atoms with Crippen LogP contribution in [0, 0.1) is 0 Å². The first-order valence-electron chi connectivity index (χ1n) is 4.81. The van der Waals surface area contributed by atoms with Gasteiger partial charge in [0.1, 0.15) is 4.99 Å². The van der Waals surface area contributed by atoms with Crippen LogP contribution in [0.3, 0.4) is 0 Å². The molecule has 0 aliphatic rings. The third kappa shape index (κ3) is 3.55. The van der Waals surface area contributed by atoms with E-state index in [2.05, 4.69) is 4.72 Å². The van der Waals surface area contributed by atoms with Crippen molar-refractivity contribution < 1.29 is 8.42 Å². The third-order valence-corrected chi connectivity index (χ3v) is 3.63. The predicted molar refractivity (Wildman–Crippen MR) is 68.6 cm³/mol. The van der Waals surface area contributed by atoms with Gasteiger partial charge in [-0.3, -0.25) is 0 Å². The fourth-order valence-corrected chi connectivity index (χ4v) is 2.76. The molecule has 0 aromatic heterocycles. The molecular formula is C10H14N2O2S2. The van der Waals surface area contributed by atoms with Crippen LogP contribution >= 0.6 is 12.2 Å². The predicted octanol–water partition coefficient (Wildman–Crippen LogP) is 0.760. The van der Waals surface area contributed by atoms with Gasteiger partial charge in [-0.1, -0.05) is 43.4 Å². The van der Waals surface area contributed by atoms with Gasteiger partial charge in [-0.25, -0.2) is 13.1 Å². The van der Waals surface area contributed by atoms with Crippen molar-refractivity contribution in [2.45, 2.75) is 12.7 Å². The second-order valence-corrected chi connectivity index (χ2v) is 5.53. The molecule has 0 atom stereocenters. The van der Waals surface area contributed by atoms with Crippen LogP contribution in [0.4, 0.5) is 0 Å². The lowest BCUT2D eigenvalue weighted by molar-refractivity contribution is 0.583. The largest absolute Gasteiger partial charge is 0.389 e. The Hall–Kier alpha value is -0.980. The summed E-state index contributed by atoms with van der Waals surface area (Å²) in [6, 6.07) is 6.97. The monoisotopic (exact) mass is 258 g/mol. The molecule has 0 spiro atoms. The molecule has 0 unspecified atom stereocenters. The summed E-state index contributed by atoms with van der Waals surface area (Å²) in [6.07, 6.45) is 0. The fourth-order valence-electron chi connectivity index (χ4n) is 1.36. The van der Waals surface area contributed by atoms with Crippen LogP contribution in [0.25, 0.3) is 0 Å². The summed E-state index contributed by atoms with van der Waals surface area (Å²) < 4.78 is 25.6. The van der Waals surface area contributed by atoms with E-state index in [9.17, 15) is 8.42 Å². The normalized spacial score (nSPS) is 11.3. The molecule has 0 saturated carbocycles. The Bertz CT molecular complexity index is 483. The van der Waals surface area contributed by atoms with Crippen molar-refractivity contribution in [1.82, 2.24) is 4.72 Å². The quantitative estimate of drug-likeness (QED) is 0.765. The Balaban J connectivity index is 3.02. The first-order valence-corrected chi connectivity index (χ1v) is 6.87. The van der Waals surface area contributed by atoms with E-state index >= 15 is 0 Å². The Labute approximate surface area is 101 Å². The average Bonchev–Trinajstić information content (AvgIpc) is 2.17. The molecule has 0 heterocycles. The highest BCUT2D eigenvalue weighted by Crippen LogP contribution is 2.11. The maximum atomic E-state index is 11.6. The van der Waals surface area contributed by atoms with Gasteiger partial charge in [0.25, 0.3) is 0 Å². The minimum atomic E-state index is -3.31. The molecule has 1 aromatic rings. The second-order valence-electron chi connectivity index (χ2n) is 3.28. The van der Waals surface area contributed by atoms with Gasteiger partial charge in [0.15, 0.2) is 0 Å². The van der Waals surface area contributed by atoms with Crippen LogP contribution < -0.4 is 10.5 Å². The number of rotatable bonds is 5. The van der Waals surface area contributed by atoms with Crippen LogP contribution in [0.5, 0.6) is 0 Å². The molecule has 16 heavy (non-hydrogen) atoms. The topological polar surface area (TPSA) is 72.2 Å². The molecule has 0 fully saturated rings. The number of sulfonamides is 1. The van der Waals surface area contributed by atoms with Crippen molar-refractivity contribution >= 4 is 27.2 Å². The first kappa shape index (κ1) is 13.1. The van der Waals surface area contributed by atoms with Gasteiger partial charge >= 0.3 is 0 Å². The van der Waals surface area contributed by atoms with Crippen molar-refractivity contribution in [3.63, 3.8) is 0 Å². The maximum Gasteiger partial charge on any atom is 0.215 e. The van der Waals surface area contributed by atoms with Crippen molar-refractivity contribution in [2.24, 2.45) is 5.73 Å². The number of benzene rings is 1. The van der Waals surface area contributed by atoms with E-state index in [1.807, 2.05) is 0 Å². The molecule has 0 radical (unpaired) electrons. The molecule has 88 valence electrons. The van der Waals surface area contributed by atoms with Crippen LogP contribution in [-0.2, 0) is 15.8 Å². The van der Waals surface area contributed by atoms with Crippen LogP contribution in [-0.4, -0.2) is 20.0 Å².